The number of pyridine rings is 1. The molecule has 1 aromatic heterocycles. The molecule has 0 bridgehead atoms. The number of hydrogen-bond donors (Lipinski definition) is 1. The Labute approximate surface area is 147 Å². The molecule has 2 aliphatic rings. The van der Waals surface area contributed by atoms with Crippen molar-refractivity contribution < 1.29 is 28.6 Å². The Hall–Kier alpha value is -3.26. The first kappa shape index (κ1) is 16.2. The topological polar surface area (TPSA) is 104 Å². The van der Waals surface area contributed by atoms with Gasteiger partial charge < -0.3 is 14.2 Å². The van der Waals surface area contributed by atoms with E-state index in [0.29, 0.717) is 29.6 Å². The van der Waals surface area contributed by atoms with Gasteiger partial charge >= 0.3 is 23.8 Å². The van der Waals surface area contributed by atoms with Crippen molar-refractivity contribution in [2.45, 2.75) is 12.3 Å². The molecule has 1 aromatic carbocycles. The third-order valence-corrected chi connectivity index (χ3v) is 4.25. The number of ether oxygens (including phenoxy) is 3. The predicted octanol–water partition coefficient (Wildman–Crippen LogP) is 0.934. The van der Waals surface area contributed by atoms with Crippen molar-refractivity contribution in [3.8, 4) is 0 Å². The molecule has 0 atom stereocenters. The molecule has 0 saturated heterocycles. The standard InChI is InChI=1S/C18H14N2O6/c1-24-17(23)15-10-4-2-3-5-11(10)20-12-8-9-19-18(16(12)15)25-13(21)6-7-14(22)26-18/h2-7,19H,8-9H2,1H3. The minimum atomic E-state index is -1.94. The van der Waals surface area contributed by atoms with Crippen molar-refractivity contribution in [1.82, 2.24) is 10.3 Å². The van der Waals surface area contributed by atoms with E-state index in [1.54, 1.807) is 24.3 Å². The molecule has 1 N–H and O–H groups in total. The number of fused-ring (bicyclic) bond motifs is 3. The molecular formula is C18H14N2O6. The van der Waals surface area contributed by atoms with Crippen molar-refractivity contribution in [1.29, 1.82) is 0 Å². The third kappa shape index (κ3) is 2.42. The summed E-state index contributed by atoms with van der Waals surface area (Å²) in [4.78, 5) is 41.2. The van der Waals surface area contributed by atoms with Gasteiger partial charge in [-0.1, -0.05) is 18.2 Å². The lowest BCUT2D eigenvalue weighted by Gasteiger charge is -2.37. The molecule has 0 radical (unpaired) electrons. The smallest absolute Gasteiger partial charge is 0.349 e. The summed E-state index contributed by atoms with van der Waals surface area (Å²) in [5.41, 5.74) is 1.40. The summed E-state index contributed by atoms with van der Waals surface area (Å²) < 4.78 is 15.7. The monoisotopic (exact) mass is 354 g/mol. The highest BCUT2D eigenvalue weighted by Gasteiger charge is 2.49. The van der Waals surface area contributed by atoms with E-state index < -0.39 is 23.8 Å². The molecule has 0 amide bonds. The Morgan fingerprint density at radius 3 is 2.58 bits per heavy atom. The first-order chi connectivity index (χ1) is 12.5. The first-order valence-corrected chi connectivity index (χ1v) is 7.93. The fraction of sp³-hybridized carbons (Fsp3) is 0.222. The Morgan fingerprint density at radius 1 is 1.19 bits per heavy atom. The Bertz CT molecular complexity index is 961. The first-order valence-electron chi connectivity index (χ1n) is 7.93. The highest BCUT2D eigenvalue weighted by atomic mass is 16.8. The second-order valence-corrected chi connectivity index (χ2v) is 5.79. The van der Waals surface area contributed by atoms with Crippen LogP contribution < -0.4 is 5.32 Å². The van der Waals surface area contributed by atoms with Gasteiger partial charge in [-0.25, -0.2) is 19.7 Å². The van der Waals surface area contributed by atoms with Crippen LogP contribution in [0.15, 0.2) is 36.4 Å². The summed E-state index contributed by atoms with van der Waals surface area (Å²) in [6.07, 6.45) is 2.40. The maximum atomic E-state index is 12.6. The van der Waals surface area contributed by atoms with Crippen LogP contribution in [0, 0.1) is 0 Å². The SMILES string of the molecule is COC(=O)c1c2c(nc3ccccc13)CCNC21OC(=O)C=CC(=O)O1. The van der Waals surface area contributed by atoms with E-state index in [9.17, 15) is 14.4 Å². The molecule has 8 heteroatoms. The number of nitrogens with one attached hydrogen (secondary N) is 1. The van der Waals surface area contributed by atoms with Gasteiger partial charge in [-0.05, 0) is 6.07 Å². The Morgan fingerprint density at radius 2 is 1.88 bits per heavy atom. The van der Waals surface area contributed by atoms with Crippen molar-refractivity contribution in [3.05, 3.63) is 53.2 Å². The zero-order valence-corrected chi connectivity index (χ0v) is 13.8. The lowest BCUT2D eigenvalue weighted by Crippen LogP contribution is -2.53. The number of aromatic nitrogens is 1. The van der Waals surface area contributed by atoms with E-state index in [1.165, 1.54) is 7.11 Å². The van der Waals surface area contributed by atoms with Gasteiger partial charge in [-0.15, -0.1) is 0 Å². The summed E-state index contributed by atoms with van der Waals surface area (Å²) in [6, 6.07) is 7.02. The predicted molar refractivity (Wildman–Crippen MR) is 87.8 cm³/mol. The molecule has 8 nitrogen and oxygen atoms in total. The normalized spacial score (nSPS) is 18.0. The van der Waals surface area contributed by atoms with Crippen LogP contribution in [0.1, 0.15) is 21.6 Å². The molecule has 2 aliphatic heterocycles. The molecule has 1 spiro atoms. The maximum Gasteiger partial charge on any atom is 0.349 e. The number of benzene rings is 1. The second-order valence-electron chi connectivity index (χ2n) is 5.79. The average molecular weight is 354 g/mol. The lowest BCUT2D eigenvalue weighted by molar-refractivity contribution is -0.241. The highest BCUT2D eigenvalue weighted by Crippen LogP contribution is 2.38. The Balaban J connectivity index is 2.06. The van der Waals surface area contributed by atoms with Crippen molar-refractivity contribution in [2.24, 2.45) is 0 Å². The number of esters is 3. The number of hydrogen-bond acceptors (Lipinski definition) is 8. The van der Waals surface area contributed by atoms with Gasteiger partial charge in [0.25, 0.3) is 0 Å². The van der Waals surface area contributed by atoms with Crippen LogP contribution >= 0.6 is 0 Å². The van der Waals surface area contributed by atoms with Crippen LogP contribution in [0.25, 0.3) is 10.9 Å². The average Bonchev–Trinajstić information content (AvgIpc) is 2.78. The van der Waals surface area contributed by atoms with Gasteiger partial charge in [0, 0.05) is 30.5 Å². The van der Waals surface area contributed by atoms with Crippen LogP contribution in [0.3, 0.4) is 0 Å². The van der Waals surface area contributed by atoms with Crippen molar-refractivity contribution in [2.75, 3.05) is 13.7 Å². The summed E-state index contributed by atoms with van der Waals surface area (Å²) in [5, 5.41) is 3.41. The molecule has 3 heterocycles. The van der Waals surface area contributed by atoms with E-state index >= 15 is 0 Å². The van der Waals surface area contributed by atoms with Crippen LogP contribution in [-0.2, 0) is 36.1 Å². The van der Waals surface area contributed by atoms with Crippen molar-refractivity contribution in [3.63, 3.8) is 0 Å². The number of nitrogens with zero attached hydrogens (tertiary/aromatic N) is 1. The quantitative estimate of drug-likeness (QED) is 0.755. The number of para-hydroxylation sites is 1. The van der Waals surface area contributed by atoms with Gasteiger partial charge in [-0.2, -0.15) is 0 Å². The van der Waals surface area contributed by atoms with Gasteiger partial charge in [0.05, 0.1) is 29.4 Å². The fourth-order valence-corrected chi connectivity index (χ4v) is 3.23. The zero-order valence-electron chi connectivity index (χ0n) is 13.8. The minimum absolute atomic E-state index is 0.141. The van der Waals surface area contributed by atoms with Gasteiger partial charge in [-0.3, -0.25) is 4.98 Å². The molecule has 4 rings (SSSR count). The number of methoxy groups -OCH3 is 1. The van der Waals surface area contributed by atoms with Crippen LogP contribution in [0.2, 0.25) is 0 Å². The Kier molecular flexibility index (Phi) is 3.69. The number of carbonyl (C=O) groups is 3. The summed E-state index contributed by atoms with van der Waals surface area (Å²) in [7, 11) is 1.25. The summed E-state index contributed by atoms with van der Waals surface area (Å²) >= 11 is 0. The third-order valence-electron chi connectivity index (χ3n) is 4.25. The van der Waals surface area contributed by atoms with Gasteiger partial charge in [0.2, 0.25) is 0 Å². The number of carbonyl (C=O) groups excluding carboxylic acids is 3. The number of rotatable bonds is 1. The molecule has 0 saturated carbocycles. The van der Waals surface area contributed by atoms with E-state index in [1.807, 2.05) is 0 Å². The maximum absolute atomic E-state index is 12.6. The minimum Gasteiger partial charge on any atom is -0.465 e. The van der Waals surface area contributed by atoms with E-state index in [-0.39, 0.29) is 11.1 Å². The van der Waals surface area contributed by atoms with Crippen LogP contribution in [0.4, 0.5) is 0 Å². The second kappa shape index (κ2) is 5.92. The van der Waals surface area contributed by atoms with Gasteiger partial charge in [0.15, 0.2) is 0 Å². The molecule has 26 heavy (non-hydrogen) atoms. The van der Waals surface area contributed by atoms with E-state index in [2.05, 4.69) is 10.3 Å². The zero-order chi connectivity index (χ0) is 18.3. The lowest BCUT2D eigenvalue weighted by atomic mass is 9.93. The van der Waals surface area contributed by atoms with Crippen LogP contribution in [0.5, 0.6) is 0 Å². The van der Waals surface area contributed by atoms with Crippen molar-refractivity contribution >= 4 is 28.8 Å². The van der Waals surface area contributed by atoms with Gasteiger partial charge in [0.1, 0.15) is 0 Å². The van der Waals surface area contributed by atoms with Crippen LogP contribution in [-0.4, -0.2) is 36.5 Å². The molecule has 0 unspecified atom stereocenters. The summed E-state index contributed by atoms with van der Waals surface area (Å²) in [5.74, 6) is -4.14. The molecular weight excluding hydrogens is 340 g/mol. The van der Waals surface area contributed by atoms with E-state index in [0.717, 1.165) is 12.2 Å². The fourth-order valence-electron chi connectivity index (χ4n) is 3.23. The van der Waals surface area contributed by atoms with E-state index in [4.69, 9.17) is 14.2 Å². The molecule has 0 fully saturated rings. The molecule has 2 aromatic rings. The summed E-state index contributed by atoms with van der Waals surface area (Å²) in [6.45, 7) is 0.333. The molecule has 132 valence electrons. The molecule has 0 aliphatic carbocycles. The highest BCUT2D eigenvalue weighted by molar-refractivity contribution is 6.05. The largest absolute Gasteiger partial charge is 0.465 e.